The van der Waals surface area contributed by atoms with Crippen molar-refractivity contribution in [2.45, 2.75) is 56.2 Å². The van der Waals surface area contributed by atoms with Crippen molar-refractivity contribution in [1.29, 1.82) is 0 Å². The van der Waals surface area contributed by atoms with E-state index in [1.165, 1.54) is 18.2 Å². The third-order valence-corrected chi connectivity index (χ3v) is 7.67. The highest BCUT2D eigenvalue weighted by molar-refractivity contribution is 7.93. The lowest BCUT2D eigenvalue weighted by Gasteiger charge is -2.29. The minimum Gasteiger partial charge on any atom is -0.329 e. The van der Waals surface area contributed by atoms with Crippen molar-refractivity contribution >= 4 is 33.4 Å². The number of nitrogens with one attached hydrogen (secondary N) is 2. The van der Waals surface area contributed by atoms with Crippen LogP contribution < -0.4 is 10.0 Å². The molecule has 0 radical (unpaired) electrons. The fraction of sp³-hybridized carbons (Fsp3) is 0.450. The van der Waals surface area contributed by atoms with Crippen LogP contribution in [-0.4, -0.2) is 42.3 Å². The number of hydrogen-bond donors (Lipinski definition) is 2. The van der Waals surface area contributed by atoms with Gasteiger partial charge in [0.25, 0.3) is 11.8 Å². The van der Waals surface area contributed by atoms with Crippen LogP contribution in [0.15, 0.2) is 30.5 Å². The van der Waals surface area contributed by atoms with Crippen molar-refractivity contribution < 1.29 is 22.8 Å². The zero-order chi connectivity index (χ0) is 20.8. The minimum absolute atomic E-state index is 0.107. The van der Waals surface area contributed by atoms with Gasteiger partial charge < -0.3 is 5.32 Å². The molecule has 3 amide bonds. The summed E-state index contributed by atoms with van der Waals surface area (Å²) >= 11 is 0. The first-order valence-electron chi connectivity index (χ1n) is 9.80. The number of benzene rings is 1. The second-order valence-corrected chi connectivity index (χ2v) is 9.76. The summed E-state index contributed by atoms with van der Waals surface area (Å²) in [4.78, 5) is 38.8. The summed E-state index contributed by atoms with van der Waals surface area (Å²) < 4.78 is 27.9. The third kappa shape index (κ3) is 3.55. The van der Waals surface area contributed by atoms with Gasteiger partial charge in [-0.05, 0) is 43.9 Å². The molecule has 1 saturated heterocycles. The Morgan fingerprint density at radius 1 is 1.00 bits per heavy atom. The van der Waals surface area contributed by atoms with Crippen LogP contribution in [-0.2, 0) is 14.8 Å². The topological polar surface area (TPSA) is 113 Å². The van der Waals surface area contributed by atoms with E-state index in [2.05, 4.69) is 16.6 Å². The maximum absolute atomic E-state index is 12.9. The van der Waals surface area contributed by atoms with E-state index in [1.54, 1.807) is 0 Å². The van der Waals surface area contributed by atoms with E-state index in [-0.39, 0.29) is 16.8 Å². The number of carbonyl (C=O) groups excluding carboxylic acids is 3. The van der Waals surface area contributed by atoms with E-state index >= 15 is 0 Å². The lowest BCUT2D eigenvalue weighted by Crippen LogP contribution is -2.51. The average molecular weight is 417 g/mol. The van der Waals surface area contributed by atoms with E-state index in [0.717, 1.165) is 24.2 Å². The van der Waals surface area contributed by atoms with Crippen LogP contribution in [0.5, 0.6) is 0 Å². The monoisotopic (exact) mass is 417 g/mol. The predicted molar refractivity (Wildman–Crippen MR) is 107 cm³/mol. The maximum atomic E-state index is 12.9. The molecule has 1 saturated carbocycles. The van der Waals surface area contributed by atoms with Gasteiger partial charge in [-0.15, -0.1) is 0 Å². The number of carbonyl (C=O) groups is 3. The molecular weight excluding hydrogens is 394 g/mol. The fourth-order valence-corrected chi connectivity index (χ4v) is 5.81. The van der Waals surface area contributed by atoms with Crippen molar-refractivity contribution in [3.05, 3.63) is 41.6 Å². The summed E-state index contributed by atoms with van der Waals surface area (Å²) in [5.74, 6) is -1.57. The highest BCUT2D eigenvalue weighted by Gasteiger charge is 2.44. The summed E-state index contributed by atoms with van der Waals surface area (Å²) in [6.45, 7) is 3.70. The standard InChI is InChI=1S/C20H23N3O5S/c1-12-7-10-17(18(24)21-12)23-19(25)15-9-8-13(11-16(15)20(23)26)22-29(27,28)14-5-3-2-4-6-14/h8-9,11,14,17,22H,1-7,10H2,(H,21,24). The third-order valence-electron chi connectivity index (χ3n) is 5.80. The lowest BCUT2D eigenvalue weighted by atomic mass is 10.0. The second-order valence-electron chi connectivity index (χ2n) is 7.80. The highest BCUT2D eigenvalue weighted by Crippen LogP contribution is 2.31. The first-order chi connectivity index (χ1) is 13.8. The number of piperidine rings is 1. The summed E-state index contributed by atoms with van der Waals surface area (Å²) in [6, 6.07) is 3.41. The van der Waals surface area contributed by atoms with Gasteiger partial charge in [-0.1, -0.05) is 25.8 Å². The molecule has 2 fully saturated rings. The largest absolute Gasteiger partial charge is 0.329 e. The number of imide groups is 1. The first-order valence-corrected chi connectivity index (χ1v) is 11.3. The Kier molecular flexibility index (Phi) is 4.94. The molecule has 2 aliphatic heterocycles. The molecule has 1 aliphatic carbocycles. The molecule has 2 heterocycles. The Hall–Kier alpha value is -2.68. The van der Waals surface area contributed by atoms with Crippen LogP contribution in [0, 0.1) is 0 Å². The van der Waals surface area contributed by atoms with Gasteiger partial charge in [0, 0.05) is 11.4 Å². The van der Waals surface area contributed by atoms with Gasteiger partial charge in [0.05, 0.1) is 16.4 Å². The molecule has 0 bridgehead atoms. The SMILES string of the molecule is C=C1CCC(N2C(=O)c3ccc(NS(=O)(=O)C4CCCCC4)cc3C2=O)C(=O)N1. The molecular formula is C20H23N3O5S. The number of sulfonamides is 1. The number of fused-ring (bicyclic) bond motifs is 1. The van der Waals surface area contributed by atoms with Crippen molar-refractivity contribution in [2.75, 3.05) is 4.72 Å². The summed E-state index contributed by atoms with van der Waals surface area (Å²) in [6.07, 6.45) is 4.84. The number of nitrogens with zero attached hydrogens (tertiary/aromatic N) is 1. The predicted octanol–water partition coefficient (Wildman–Crippen LogP) is 2.15. The number of allylic oxidation sites excluding steroid dienone is 1. The zero-order valence-electron chi connectivity index (χ0n) is 15.9. The van der Waals surface area contributed by atoms with Crippen molar-refractivity contribution in [1.82, 2.24) is 10.2 Å². The molecule has 3 aliphatic rings. The zero-order valence-corrected chi connectivity index (χ0v) is 16.8. The van der Waals surface area contributed by atoms with Crippen molar-refractivity contribution in [3.8, 4) is 0 Å². The second kappa shape index (κ2) is 7.29. The molecule has 154 valence electrons. The van der Waals surface area contributed by atoms with E-state index in [9.17, 15) is 22.8 Å². The maximum Gasteiger partial charge on any atom is 0.262 e. The Labute approximate surface area is 169 Å². The molecule has 0 aromatic heterocycles. The number of rotatable bonds is 4. The molecule has 1 atom stereocenters. The normalized spacial score (nSPS) is 23.2. The number of amides is 3. The Morgan fingerprint density at radius 3 is 2.38 bits per heavy atom. The summed E-state index contributed by atoms with van der Waals surface area (Å²) in [5, 5.41) is 2.13. The van der Waals surface area contributed by atoms with Crippen LogP contribution in [0.2, 0.25) is 0 Å². The highest BCUT2D eigenvalue weighted by atomic mass is 32.2. The van der Waals surface area contributed by atoms with Crippen molar-refractivity contribution in [2.24, 2.45) is 0 Å². The van der Waals surface area contributed by atoms with E-state index in [1.807, 2.05) is 0 Å². The van der Waals surface area contributed by atoms with Crippen LogP contribution in [0.4, 0.5) is 5.69 Å². The van der Waals surface area contributed by atoms with E-state index in [4.69, 9.17) is 0 Å². The van der Waals surface area contributed by atoms with Crippen LogP contribution >= 0.6 is 0 Å². The Balaban J connectivity index is 1.57. The number of anilines is 1. The molecule has 0 spiro atoms. The molecule has 4 rings (SSSR count). The molecule has 29 heavy (non-hydrogen) atoms. The van der Waals surface area contributed by atoms with Gasteiger partial charge in [-0.3, -0.25) is 24.0 Å². The van der Waals surface area contributed by atoms with Gasteiger partial charge in [0.1, 0.15) is 6.04 Å². The minimum atomic E-state index is -3.57. The van der Waals surface area contributed by atoms with E-state index in [0.29, 0.717) is 31.4 Å². The smallest absolute Gasteiger partial charge is 0.262 e. The number of hydrogen-bond acceptors (Lipinski definition) is 5. The van der Waals surface area contributed by atoms with Crippen LogP contribution in [0.1, 0.15) is 65.7 Å². The molecule has 8 nitrogen and oxygen atoms in total. The Bertz CT molecular complexity index is 1010. The van der Waals surface area contributed by atoms with Gasteiger partial charge in [-0.25, -0.2) is 8.42 Å². The molecule has 1 aromatic rings. The fourth-order valence-electron chi connectivity index (χ4n) is 4.24. The first kappa shape index (κ1) is 19.6. The summed E-state index contributed by atoms with van der Waals surface area (Å²) in [5.41, 5.74) is 1.09. The molecule has 2 N–H and O–H groups in total. The van der Waals surface area contributed by atoms with Crippen LogP contribution in [0.25, 0.3) is 0 Å². The lowest BCUT2D eigenvalue weighted by molar-refractivity contribution is -0.125. The van der Waals surface area contributed by atoms with Crippen molar-refractivity contribution in [3.63, 3.8) is 0 Å². The van der Waals surface area contributed by atoms with Gasteiger partial charge in [0.2, 0.25) is 15.9 Å². The molecule has 9 heteroatoms. The molecule has 1 aromatic carbocycles. The quantitative estimate of drug-likeness (QED) is 0.729. The summed E-state index contributed by atoms with van der Waals surface area (Å²) in [7, 11) is -3.57. The van der Waals surface area contributed by atoms with E-state index < -0.39 is 39.0 Å². The Morgan fingerprint density at radius 2 is 1.69 bits per heavy atom. The van der Waals surface area contributed by atoms with Gasteiger partial charge >= 0.3 is 0 Å². The van der Waals surface area contributed by atoms with Gasteiger partial charge in [-0.2, -0.15) is 0 Å². The molecule has 1 unspecified atom stereocenters. The van der Waals surface area contributed by atoms with Crippen LogP contribution in [0.3, 0.4) is 0 Å². The average Bonchev–Trinajstić information content (AvgIpc) is 2.93. The van der Waals surface area contributed by atoms with Gasteiger partial charge in [0.15, 0.2) is 0 Å².